The number of nitrogens with zero attached hydrogens (tertiary/aromatic N) is 1. The molecule has 2 aromatic carbocycles. The lowest BCUT2D eigenvalue weighted by molar-refractivity contribution is -0.156. The molecule has 0 radical (unpaired) electrons. The number of hydroxylamine groups is 1. The molecular formula is C22H28N2O5S2. The van der Waals surface area contributed by atoms with Crippen molar-refractivity contribution >= 4 is 27.8 Å². The first-order valence-electron chi connectivity index (χ1n) is 10.0. The molecule has 0 spiro atoms. The number of hydrogen-bond acceptors (Lipinski definition) is 7. The van der Waals surface area contributed by atoms with Gasteiger partial charge in [0.05, 0.1) is 24.7 Å². The number of hydrogen-bond donors (Lipinski definition) is 1. The quantitative estimate of drug-likeness (QED) is 0.347. The molecule has 2 atom stereocenters. The van der Waals surface area contributed by atoms with E-state index in [0.29, 0.717) is 5.75 Å². The van der Waals surface area contributed by atoms with Gasteiger partial charge in [0.25, 0.3) is 0 Å². The van der Waals surface area contributed by atoms with Gasteiger partial charge in [0, 0.05) is 23.7 Å². The lowest BCUT2D eigenvalue weighted by Gasteiger charge is -2.31. The zero-order chi connectivity index (χ0) is 22.5. The fourth-order valence-corrected chi connectivity index (χ4v) is 6.33. The van der Waals surface area contributed by atoms with Crippen molar-refractivity contribution < 1.29 is 22.8 Å². The highest BCUT2D eigenvalue weighted by Gasteiger charge is 2.56. The van der Waals surface area contributed by atoms with E-state index >= 15 is 0 Å². The number of carbonyl (C=O) groups is 1. The first kappa shape index (κ1) is 23.7. The number of benzene rings is 2. The average molecular weight is 465 g/mol. The Morgan fingerprint density at radius 1 is 1.19 bits per heavy atom. The maximum Gasteiger partial charge on any atom is 0.316 e. The Morgan fingerprint density at radius 2 is 1.87 bits per heavy atom. The second kappa shape index (κ2) is 10.1. The summed E-state index contributed by atoms with van der Waals surface area (Å²) in [6.07, 6.45) is 0. The zero-order valence-electron chi connectivity index (χ0n) is 17.9. The monoisotopic (exact) mass is 464 g/mol. The van der Waals surface area contributed by atoms with Crippen LogP contribution in [0.25, 0.3) is 0 Å². The SMILES string of the molecule is CCOC(=O)C1(CSc2ccccc2)CN(S(=O)(=O)c2ccc(C)cc2)CC1NOC. The third kappa shape index (κ3) is 5.12. The van der Waals surface area contributed by atoms with Crippen molar-refractivity contribution in [2.45, 2.75) is 29.7 Å². The molecule has 1 saturated heterocycles. The second-order valence-corrected chi connectivity index (χ2v) is 10.5. The summed E-state index contributed by atoms with van der Waals surface area (Å²) in [5.74, 6) is -0.0915. The van der Waals surface area contributed by atoms with Crippen LogP contribution in [-0.4, -0.2) is 57.3 Å². The lowest BCUT2D eigenvalue weighted by atomic mass is 9.85. The fraction of sp³-hybridized carbons (Fsp3) is 0.409. The van der Waals surface area contributed by atoms with E-state index in [2.05, 4.69) is 5.48 Å². The third-order valence-electron chi connectivity index (χ3n) is 5.35. The van der Waals surface area contributed by atoms with Crippen molar-refractivity contribution in [1.29, 1.82) is 0 Å². The Labute approximate surface area is 188 Å². The van der Waals surface area contributed by atoms with Gasteiger partial charge in [-0.1, -0.05) is 35.9 Å². The smallest absolute Gasteiger partial charge is 0.316 e. The maximum atomic E-state index is 13.3. The standard InChI is InChI=1S/C22H28N2O5S2/c1-4-29-21(25)22(16-30-18-8-6-5-7-9-18)15-24(14-20(22)23-28-3)31(26,27)19-12-10-17(2)11-13-19/h5-13,20,23H,4,14-16H2,1-3H3. The van der Waals surface area contributed by atoms with Gasteiger partial charge in [-0.15, -0.1) is 11.8 Å². The van der Waals surface area contributed by atoms with Crippen LogP contribution in [0, 0.1) is 12.3 Å². The molecule has 2 aromatic rings. The first-order valence-corrected chi connectivity index (χ1v) is 12.5. The molecule has 1 N–H and O–H groups in total. The van der Waals surface area contributed by atoms with Crippen molar-refractivity contribution in [3.63, 3.8) is 0 Å². The van der Waals surface area contributed by atoms with E-state index in [0.717, 1.165) is 10.5 Å². The van der Waals surface area contributed by atoms with Crippen LogP contribution in [0.5, 0.6) is 0 Å². The van der Waals surface area contributed by atoms with Crippen LogP contribution in [0.1, 0.15) is 12.5 Å². The summed E-state index contributed by atoms with van der Waals surface area (Å²) < 4.78 is 33.4. The summed E-state index contributed by atoms with van der Waals surface area (Å²) in [7, 11) is -2.33. The topological polar surface area (TPSA) is 84.9 Å². The third-order valence-corrected chi connectivity index (χ3v) is 8.44. The van der Waals surface area contributed by atoms with Crippen LogP contribution in [0.4, 0.5) is 0 Å². The van der Waals surface area contributed by atoms with Crippen molar-refractivity contribution in [3.8, 4) is 0 Å². The normalized spacial score (nSPS) is 21.8. The number of aryl methyl sites for hydroxylation is 1. The van der Waals surface area contributed by atoms with Crippen LogP contribution in [-0.2, 0) is 24.4 Å². The van der Waals surface area contributed by atoms with E-state index < -0.39 is 27.4 Å². The molecule has 1 heterocycles. The van der Waals surface area contributed by atoms with Crippen molar-refractivity contribution in [3.05, 3.63) is 60.2 Å². The number of rotatable bonds is 9. The maximum absolute atomic E-state index is 13.3. The van der Waals surface area contributed by atoms with Gasteiger partial charge in [-0.25, -0.2) is 8.42 Å². The van der Waals surface area contributed by atoms with Crippen LogP contribution in [0.15, 0.2) is 64.4 Å². The number of thioether (sulfide) groups is 1. The lowest BCUT2D eigenvalue weighted by Crippen LogP contribution is -2.51. The van der Waals surface area contributed by atoms with E-state index in [1.54, 1.807) is 31.2 Å². The van der Waals surface area contributed by atoms with Gasteiger partial charge in [-0.05, 0) is 38.1 Å². The van der Waals surface area contributed by atoms with Gasteiger partial charge >= 0.3 is 5.97 Å². The van der Waals surface area contributed by atoms with E-state index in [1.165, 1.54) is 23.2 Å². The predicted molar refractivity (Wildman–Crippen MR) is 120 cm³/mol. The Morgan fingerprint density at radius 3 is 2.48 bits per heavy atom. The number of sulfonamides is 1. The molecular weight excluding hydrogens is 436 g/mol. The molecule has 0 bridgehead atoms. The minimum atomic E-state index is -3.79. The summed E-state index contributed by atoms with van der Waals surface area (Å²) in [5.41, 5.74) is 2.72. The predicted octanol–water partition coefficient (Wildman–Crippen LogP) is 2.86. The number of carbonyl (C=O) groups excluding carboxylic acids is 1. The number of esters is 1. The van der Waals surface area contributed by atoms with Crippen molar-refractivity contribution in [2.75, 3.05) is 32.6 Å². The summed E-state index contributed by atoms with van der Waals surface area (Å²) in [4.78, 5) is 19.5. The summed E-state index contributed by atoms with van der Waals surface area (Å²) >= 11 is 1.49. The molecule has 1 aliphatic rings. The molecule has 168 valence electrons. The molecule has 3 rings (SSSR count). The van der Waals surface area contributed by atoms with Crippen LogP contribution >= 0.6 is 11.8 Å². The highest BCUT2D eigenvalue weighted by molar-refractivity contribution is 7.99. The Bertz CT molecular complexity index is 983. The minimum absolute atomic E-state index is 0.00288. The van der Waals surface area contributed by atoms with E-state index in [4.69, 9.17) is 9.57 Å². The Kier molecular flexibility index (Phi) is 7.77. The molecule has 0 aliphatic carbocycles. The van der Waals surface area contributed by atoms with Crippen molar-refractivity contribution in [1.82, 2.24) is 9.79 Å². The number of ether oxygens (including phenoxy) is 1. The first-order chi connectivity index (χ1) is 14.8. The van der Waals surface area contributed by atoms with E-state index in [1.807, 2.05) is 37.3 Å². The average Bonchev–Trinajstić information content (AvgIpc) is 3.14. The van der Waals surface area contributed by atoms with Crippen LogP contribution in [0.3, 0.4) is 0 Å². The summed E-state index contributed by atoms with van der Waals surface area (Å²) in [5, 5.41) is 0. The molecule has 31 heavy (non-hydrogen) atoms. The van der Waals surface area contributed by atoms with Crippen LogP contribution < -0.4 is 5.48 Å². The van der Waals surface area contributed by atoms with E-state index in [9.17, 15) is 13.2 Å². The summed E-state index contributed by atoms with van der Waals surface area (Å²) in [6.45, 7) is 3.95. The second-order valence-electron chi connectivity index (χ2n) is 7.46. The van der Waals surface area contributed by atoms with Gasteiger partial charge < -0.3 is 9.57 Å². The molecule has 1 aliphatic heterocycles. The highest BCUT2D eigenvalue weighted by atomic mass is 32.2. The minimum Gasteiger partial charge on any atom is -0.465 e. The van der Waals surface area contributed by atoms with Gasteiger partial charge in [-0.2, -0.15) is 9.79 Å². The summed E-state index contributed by atoms with van der Waals surface area (Å²) in [6, 6.07) is 15.8. The Balaban J connectivity index is 1.95. The zero-order valence-corrected chi connectivity index (χ0v) is 19.5. The number of nitrogens with one attached hydrogen (secondary N) is 1. The van der Waals surface area contributed by atoms with Gasteiger partial charge in [0.2, 0.25) is 10.0 Å². The van der Waals surface area contributed by atoms with E-state index in [-0.39, 0.29) is 24.6 Å². The molecule has 0 saturated carbocycles. The fourth-order valence-electron chi connectivity index (χ4n) is 3.62. The Hall–Kier alpha value is -1.91. The molecule has 9 heteroatoms. The highest BCUT2D eigenvalue weighted by Crippen LogP contribution is 2.40. The van der Waals surface area contributed by atoms with Crippen molar-refractivity contribution in [2.24, 2.45) is 5.41 Å². The van der Waals surface area contributed by atoms with Crippen LogP contribution in [0.2, 0.25) is 0 Å². The molecule has 7 nitrogen and oxygen atoms in total. The van der Waals surface area contributed by atoms with Gasteiger partial charge in [0.15, 0.2) is 0 Å². The largest absolute Gasteiger partial charge is 0.465 e. The molecule has 2 unspecified atom stereocenters. The molecule has 0 aromatic heterocycles. The van der Waals surface area contributed by atoms with Gasteiger partial charge in [-0.3, -0.25) is 4.79 Å². The molecule has 0 amide bonds. The van der Waals surface area contributed by atoms with Gasteiger partial charge in [0.1, 0.15) is 5.41 Å². The molecule has 1 fully saturated rings.